The minimum absolute atomic E-state index is 0.109. The van der Waals surface area contributed by atoms with E-state index in [0.29, 0.717) is 16.7 Å². The van der Waals surface area contributed by atoms with Gasteiger partial charge in [0.1, 0.15) is 5.75 Å². The van der Waals surface area contributed by atoms with E-state index in [9.17, 15) is 4.79 Å². The lowest BCUT2D eigenvalue weighted by Crippen LogP contribution is -2.37. The molecule has 0 bridgehead atoms. The topological polar surface area (TPSA) is 50.4 Å². The number of amides is 1. The van der Waals surface area contributed by atoms with Crippen molar-refractivity contribution in [3.8, 4) is 5.75 Å². The number of anilines is 1. The lowest BCUT2D eigenvalue weighted by atomic mass is 9.98. The Labute approximate surface area is 164 Å². The molecule has 0 unspecified atom stereocenters. The zero-order chi connectivity index (χ0) is 19.3. The van der Waals surface area contributed by atoms with E-state index in [4.69, 9.17) is 28.6 Å². The molecule has 26 heavy (non-hydrogen) atoms. The number of hydrogen-bond donors (Lipinski definition) is 2. The summed E-state index contributed by atoms with van der Waals surface area (Å²) >= 11 is 11.1. The van der Waals surface area contributed by atoms with Crippen LogP contribution in [0.1, 0.15) is 36.5 Å². The standard InChI is InChI=1S/C20H23ClN2O2S/c1-12(2)17-7-6-16(10-13(17)3)25-11-19(24)23-20(26)22-18-8-5-15(21)9-14(18)4/h5-10,12H,11H2,1-4H3,(H2,22,23,24,26). The quantitative estimate of drug-likeness (QED) is 0.707. The van der Waals surface area contributed by atoms with E-state index < -0.39 is 0 Å². The van der Waals surface area contributed by atoms with Crippen molar-refractivity contribution in [3.63, 3.8) is 0 Å². The molecule has 1 amide bonds. The third-order valence-electron chi connectivity index (χ3n) is 3.92. The second-order valence-corrected chi connectivity index (χ2v) is 7.27. The van der Waals surface area contributed by atoms with Gasteiger partial charge in [0.25, 0.3) is 5.91 Å². The van der Waals surface area contributed by atoms with Gasteiger partial charge in [-0.1, -0.05) is 31.5 Å². The molecule has 0 fully saturated rings. The van der Waals surface area contributed by atoms with Gasteiger partial charge in [-0.25, -0.2) is 0 Å². The Morgan fingerprint density at radius 2 is 1.88 bits per heavy atom. The minimum atomic E-state index is -0.320. The molecule has 0 atom stereocenters. The first-order valence-corrected chi connectivity index (χ1v) is 9.15. The molecule has 0 aliphatic carbocycles. The average Bonchev–Trinajstić information content (AvgIpc) is 2.55. The van der Waals surface area contributed by atoms with Crippen molar-refractivity contribution in [2.45, 2.75) is 33.6 Å². The van der Waals surface area contributed by atoms with Crippen molar-refractivity contribution >= 4 is 40.5 Å². The highest BCUT2D eigenvalue weighted by atomic mass is 35.5. The Morgan fingerprint density at radius 1 is 1.15 bits per heavy atom. The predicted octanol–water partition coefficient (Wildman–Crippen LogP) is 4.97. The molecule has 138 valence electrons. The van der Waals surface area contributed by atoms with Crippen molar-refractivity contribution in [1.29, 1.82) is 0 Å². The number of halogens is 1. The summed E-state index contributed by atoms with van der Waals surface area (Å²) in [5.41, 5.74) is 4.14. The van der Waals surface area contributed by atoms with Crippen molar-refractivity contribution in [2.24, 2.45) is 0 Å². The summed E-state index contributed by atoms with van der Waals surface area (Å²) in [5, 5.41) is 6.46. The molecule has 6 heteroatoms. The van der Waals surface area contributed by atoms with Gasteiger partial charge in [-0.05, 0) is 79.0 Å². The second kappa shape index (κ2) is 9.01. The Morgan fingerprint density at radius 3 is 2.50 bits per heavy atom. The van der Waals surface area contributed by atoms with E-state index in [1.54, 1.807) is 6.07 Å². The summed E-state index contributed by atoms with van der Waals surface area (Å²) in [4.78, 5) is 12.0. The Kier molecular flexibility index (Phi) is 7.00. The molecular formula is C20H23ClN2O2S. The van der Waals surface area contributed by atoms with Crippen LogP contribution >= 0.6 is 23.8 Å². The molecule has 0 heterocycles. The summed E-state index contributed by atoms with van der Waals surface area (Å²) in [6.07, 6.45) is 0. The molecule has 2 rings (SSSR count). The summed E-state index contributed by atoms with van der Waals surface area (Å²) in [5.74, 6) is 0.793. The molecule has 0 saturated carbocycles. The van der Waals surface area contributed by atoms with Gasteiger partial charge in [0.15, 0.2) is 11.7 Å². The zero-order valence-electron chi connectivity index (χ0n) is 15.4. The first-order valence-electron chi connectivity index (χ1n) is 8.36. The number of benzene rings is 2. The van der Waals surface area contributed by atoms with Gasteiger partial charge in [-0.3, -0.25) is 10.1 Å². The number of carbonyl (C=O) groups excluding carboxylic acids is 1. The highest BCUT2D eigenvalue weighted by Crippen LogP contribution is 2.23. The van der Waals surface area contributed by atoms with Crippen molar-refractivity contribution in [1.82, 2.24) is 5.32 Å². The molecule has 0 radical (unpaired) electrons. The fraction of sp³-hybridized carbons (Fsp3) is 0.300. The smallest absolute Gasteiger partial charge is 0.264 e. The summed E-state index contributed by atoms with van der Waals surface area (Å²) < 4.78 is 5.56. The molecule has 0 aliphatic heterocycles. The van der Waals surface area contributed by atoms with Gasteiger partial charge in [0.05, 0.1) is 0 Å². The van der Waals surface area contributed by atoms with E-state index >= 15 is 0 Å². The van der Waals surface area contributed by atoms with Crippen molar-refractivity contribution < 1.29 is 9.53 Å². The number of carbonyl (C=O) groups is 1. The third-order valence-corrected chi connectivity index (χ3v) is 4.36. The van der Waals surface area contributed by atoms with Crippen LogP contribution in [0, 0.1) is 13.8 Å². The molecule has 2 aromatic rings. The number of thiocarbonyl (C=S) groups is 1. The van der Waals surface area contributed by atoms with Crippen LogP contribution in [0.15, 0.2) is 36.4 Å². The van der Waals surface area contributed by atoms with Crippen LogP contribution < -0.4 is 15.4 Å². The van der Waals surface area contributed by atoms with Crippen molar-refractivity contribution in [3.05, 3.63) is 58.1 Å². The van der Waals surface area contributed by atoms with Gasteiger partial charge in [0, 0.05) is 10.7 Å². The molecule has 2 N–H and O–H groups in total. The van der Waals surface area contributed by atoms with Crippen LogP contribution in [-0.4, -0.2) is 17.6 Å². The first kappa shape index (κ1) is 20.2. The Bertz CT molecular complexity index is 821. The molecule has 0 saturated heterocycles. The van der Waals surface area contributed by atoms with Crippen LogP contribution in [-0.2, 0) is 4.79 Å². The van der Waals surface area contributed by atoms with E-state index in [0.717, 1.165) is 16.8 Å². The van der Waals surface area contributed by atoms with E-state index in [1.807, 2.05) is 44.2 Å². The number of nitrogens with one attached hydrogen (secondary N) is 2. The van der Waals surface area contributed by atoms with Gasteiger partial charge in [0.2, 0.25) is 0 Å². The molecular weight excluding hydrogens is 368 g/mol. The van der Waals surface area contributed by atoms with Crippen LogP contribution in [0.3, 0.4) is 0 Å². The Hall–Kier alpha value is -2.11. The van der Waals surface area contributed by atoms with Crippen LogP contribution in [0.25, 0.3) is 0 Å². The number of rotatable bonds is 5. The lowest BCUT2D eigenvalue weighted by molar-refractivity contribution is -0.121. The highest BCUT2D eigenvalue weighted by molar-refractivity contribution is 7.80. The number of aryl methyl sites for hydroxylation is 2. The maximum atomic E-state index is 12.0. The fourth-order valence-corrected chi connectivity index (χ4v) is 3.07. The summed E-state index contributed by atoms with van der Waals surface area (Å²) in [6, 6.07) is 11.2. The first-order chi connectivity index (χ1) is 12.3. The predicted molar refractivity (Wildman–Crippen MR) is 111 cm³/mol. The number of hydrogen-bond acceptors (Lipinski definition) is 3. The van der Waals surface area contributed by atoms with Gasteiger partial charge in [-0.2, -0.15) is 0 Å². The molecule has 0 aromatic heterocycles. The van der Waals surface area contributed by atoms with Crippen LogP contribution in [0.5, 0.6) is 5.75 Å². The summed E-state index contributed by atoms with van der Waals surface area (Å²) in [6.45, 7) is 8.13. The fourth-order valence-electron chi connectivity index (χ4n) is 2.62. The van der Waals surface area contributed by atoms with Gasteiger partial charge < -0.3 is 10.1 Å². The van der Waals surface area contributed by atoms with E-state index in [1.165, 1.54) is 5.56 Å². The third kappa shape index (κ3) is 5.71. The van der Waals surface area contributed by atoms with Crippen molar-refractivity contribution in [2.75, 3.05) is 11.9 Å². The molecule has 0 spiro atoms. The average molecular weight is 391 g/mol. The highest BCUT2D eigenvalue weighted by Gasteiger charge is 2.09. The maximum absolute atomic E-state index is 12.0. The van der Waals surface area contributed by atoms with Crippen LogP contribution in [0.2, 0.25) is 5.02 Å². The molecule has 4 nitrogen and oxygen atoms in total. The zero-order valence-corrected chi connectivity index (χ0v) is 16.9. The number of ether oxygens (including phenoxy) is 1. The van der Waals surface area contributed by atoms with Gasteiger partial charge in [-0.15, -0.1) is 0 Å². The maximum Gasteiger partial charge on any atom is 0.264 e. The largest absolute Gasteiger partial charge is 0.484 e. The monoisotopic (exact) mass is 390 g/mol. The Balaban J connectivity index is 1.86. The lowest BCUT2D eigenvalue weighted by Gasteiger charge is -2.14. The SMILES string of the molecule is Cc1cc(Cl)ccc1NC(=S)NC(=O)COc1ccc(C(C)C)c(C)c1. The summed E-state index contributed by atoms with van der Waals surface area (Å²) in [7, 11) is 0. The minimum Gasteiger partial charge on any atom is -0.484 e. The van der Waals surface area contributed by atoms with E-state index in [-0.39, 0.29) is 17.6 Å². The molecule has 2 aromatic carbocycles. The molecule has 0 aliphatic rings. The normalized spacial score (nSPS) is 10.5. The van der Waals surface area contributed by atoms with Gasteiger partial charge >= 0.3 is 0 Å². The second-order valence-electron chi connectivity index (χ2n) is 6.42. The van der Waals surface area contributed by atoms with E-state index in [2.05, 4.69) is 24.5 Å². The van der Waals surface area contributed by atoms with Crippen LogP contribution in [0.4, 0.5) is 5.69 Å².